The lowest BCUT2D eigenvalue weighted by Gasteiger charge is -2.05. The van der Waals surface area contributed by atoms with Crippen molar-refractivity contribution in [3.63, 3.8) is 0 Å². The van der Waals surface area contributed by atoms with E-state index in [4.69, 9.17) is 0 Å². The summed E-state index contributed by atoms with van der Waals surface area (Å²) >= 11 is 0. The quantitative estimate of drug-likeness (QED) is 0.827. The average molecular weight is 228 g/mol. The molecule has 17 heavy (non-hydrogen) atoms. The number of carbonyl (C=O) groups excluding carboxylic acids is 1. The molecule has 2 N–H and O–H groups in total. The summed E-state index contributed by atoms with van der Waals surface area (Å²) in [7, 11) is 0. The van der Waals surface area contributed by atoms with Crippen molar-refractivity contribution in [1.82, 2.24) is 10.3 Å². The van der Waals surface area contributed by atoms with Gasteiger partial charge in [-0.15, -0.1) is 0 Å². The van der Waals surface area contributed by atoms with Gasteiger partial charge in [0.15, 0.2) is 0 Å². The summed E-state index contributed by atoms with van der Waals surface area (Å²) in [6, 6.07) is 12.0. The molecule has 88 valence electrons. The Hall–Kier alpha value is -2.03. The number of aryl methyl sites for hydroxylation is 1. The molecule has 0 fully saturated rings. The van der Waals surface area contributed by atoms with E-state index in [0.717, 1.165) is 11.3 Å². The van der Waals surface area contributed by atoms with Gasteiger partial charge in [-0.05, 0) is 24.6 Å². The number of carbonyl (C=O) groups is 1. The number of aromatic amines is 1. The van der Waals surface area contributed by atoms with Crippen LogP contribution < -0.4 is 5.32 Å². The lowest BCUT2D eigenvalue weighted by atomic mass is 10.1. The van der Waals surface area contributed by atoms with Crippen molar-refractivity contribution in [3.05, 3.63) is 59.4 Å². The van der Waals surface area contributed by atoms with Gasteiger partial charge >= 0.3 is 0 Å². The molecule has 0 atom stereocenters. The van der Waals surface area contributed by atoms with Crippen LogP contribution >= 0.6 is 0 Å². The first kappa shape index (κ1) is 11.5. The number of rotatable bonds is 4. The molecular formula is C14H16N2O. The van der Waals surface area contributed by atoms with Crippen LogP contribution in [0.1, 0.15) is 16.8 Å². The molecule has 1 heterocycles. The van der Waals surface area contributed by atoms with E-state index in [1.165, 1.54) is 5.56 Å². The number of aromatic nitrogens is 1. The molecule has 0 bridgehead atoms. The maximum absolute atomic E-state index is 11.6. The summed E-state index contributed by atoms with van der Waals surface area (Å²) < 4.78 is 0. The lowest BCUT2D eigenvalue weighted by Crippen LogP contribution is -2.24. The van der Waals surface area contributed by atoms with Gasteiger partial charge in [0.25, 0.3) is 0 Å². The number of hydrogen-bond donors (Lipinski definition) is 2. The summed E-state index contributed by atoms with van der Waals surface area (Å²) in [6.07, 6.45) is 2.22. The Morgan fingerprint density at radius 3 is 2.65 bits per heavy atom. The molecule has 0 aliphatic heterocycles. The molecule has 2 rings (SSSR count). The third-order valence-electron chi connectivity index (χ3n) is 2.62. The number of nitrogens with one attached hydrogen (secondary N) is 2. The molecule has 2 aromatic rings. The summed E-state index contributed by atoms with van der Waals surface area (Å²) in [6.45, 7) is 2.63. The Morgan fingerprint density at radius 2 is 2.00 bits per heavy atom. The first-order valence-corrected chi connectivity index (χ1v) is 5.68. The van der Waals surface area contributed by atoms with Crippen LogP contribution in [0.25, 0.3) is 0 Å². The van der Waals surface area contributed by atoms with Crippen LogP contribution in [0.4, 0.5) is 0 Å². The minimum Gasteiger partial charge on any atom is -0.365 e. The standard InChI is InChI=1S/C14H16N2O/c1-11-4-6-12(7-5-11)10-16-14(17)9-13-3-2-8-15-13/h2-8,15H,9-10H2,1H3,(H,16,17). The Labute approximate surface area is 101 Å². The zero-order chi connectivity index (χ0) is 12.1. The number of benzene rings is 1. The molecule has 0 spiro atoms. The van der Waals surface area contributed by atoms with E-state index in [1.807, 2.05) is 49.5 Å². The Balaban J connectivity index is 1.82. The predicted octanol–water partition coefficient (Wildman–Crippen LogP) is 2.18. The molecule has 0 saturated carbocycles. The SMILES string of the molecule is Cc1ccc(CNC(=O)Cc2ccc[nH]2)cc1. The molecule has 0 unspecified atom stereocenters. The third-order valence-corrected chi connectivity index (χ3v) is 2.62. The van der Waals surface area contributed by atoms with E-state index in [0.29, 0.717) is 13.0 Å². The molecule has 1 aromatic carbocycles. The fourth-order valence-electron chi connectivity index (χ4n) is 1.62. The maximum atomic E-state index is 11.6. The summed E-state index contributed by atoms with van der Waals surface area (Å²) in [5, 5.41) is 2.90. The predicted molar refractivity (Wildman–Crippen MR) is 67.5 cm³/mol. The topological polar surface area (TPSA) is 44.9 Å². The smallest absolute Gasteiger partial charge is 0.226 e. The minimum absolute atomic E-state index is 0.0352. The molecular weight excluding hydrogens is 212 g/mol. The minimum atomic E-state index is 0.0352. The van der Waals surface area contributed by atoms with Crippen molar-refractivity contribution in [1.29, 1.82) is 0 Å². The number of hydrogen-bond acceptors (Lipinski definition) is 1. The monoisotopic (exact) mass is 228 g/mol. The van der Waals surface area contributed by atoms with Crippen molar-refractivity contribution >= 4 is 5.91 Å². The maximum Gasteiger partial charge on any atom is 0.226 e. The van der Waals surface area contributed by atoms with Crippen LogP contribution in [0.2, 0.25) is 0 Å². The first-order chi connectivity index (χ1) is 8.24. The highest BCUT2D eigenvalue weighted by atomic mass is 16.1. The largest absolute Gasteiger partial charge is 0.365 e. The Morgan fingerprint density at radius 1 is 1.24 bits per heavy atom. The summed E-state index contributed by atoms with van der Waals surface area (Å²) in [4.78, 5) is 14.6. The fourth-order valence-corrected chi connectivity index (χ4v) is 1.62. The van der Waals surface area contributed by atoms with E-state index in [-0.39, 0.29) is 5.91 Å². The third kappa shape index (κ3) is 3.48. The van der Waals surface area contributed by atoms with Crippen molar-refractivity contribution in [2.24, 2.45) is 0 Å². The molecule has 0 aliphatic carbocycles. The van der Waals surface area contributed by atoms with Crippen LogP contribution in [-0.2, 0) is 17.8 Å². The van der Waals surface area contributed by atoms with Crippen LogP contribution in [0, 0.1) is 6.92 Å². The van der Waals surface area contributed by atoms with Crippen LogP contribution in [0.3, 0.4) is 0 Å². The van der Waals surface area contributed by atoms with Crippen molar-refractivity contribution in [3.8, 4) is 0 Å². The van der Waals surface area contributed by atoms with Crippen LogP contribution in [0.15, 0.2) is 42.6 Å². The Kier molecular flexibility index (Phi) is 3.60. The molecule has 1 amide bonds. The number of H-pyrrole nitrogens is 1. The second-order valence-corrected chi connectivity index (χ2v) is 4.13. The van der Waals surface area contributed by atoms with Gasteiger partial charge in [0.05, 0.1) is 6.42 Å². The number of amides is 1. The van der Waals surface area contributed by atoms with Gasteiger partial charge in [-0.2, -0.15) is 0 Å². The van der Waals surface area contributed by atoms with Gasteiger partial charge < -0.3 is 10.3 Å². The molecule has 0 saturated heterocycles. The van der Waals surface area contributed by atoms with Gasteiger partial charge in [0.2, 0.25) is 5.91 Å². The molecule has 0 aliphatic rings. The van der Waals surface area contributed by atoms with E-state index >= 15 is 0 Å². The van der Waals surface area contributed by atoms with Gasteiger partial charge in [-0.25, -0.2) is 0 Å². The van der Waals surface area contributed by atoms with Crippen molar-refractivity contribution in [2.75, 3.05) is 0 Å². The van der Waals surface area contributed by atoms with Crippen LogP contribution in [0.5, 0.6) is 0 Å². The zero-order valence-electron chi connectivity index (χ0n) is 9.86. The van der Waals surface area contributed by atoms with E-state index < -0.39 is 0 Å². The highest BCUT2D eigenvalue weighted by Gasteiger charge is 2.03. The Bertz CT molecular complexity index is 471. The van der Waals surface area contributed by atoms with E-state index in [2.05, 4.69) is 10.3 Å². The molecule has 1 aromatic heterocycles. The molecule has 0 radical (unpaired) electrons. The van der Waals surface area contributed by atoms with E-state index in [1.54, 1.807) is 0 Å². The molecule has 3 nitrogen and oxygen atoms in total. The van der Waals surface area contributed by atoms with Gasteiger partial charge in [0, 0.05) is 18.4 Å². The highest BCUT2D eigenvalue weighted by Crippen LogP contribution is 2.03. The second-order valence-electron chi connectivity index (χ2n) is 4.13. The van der Waals surface area contributed by atoms with Gasteiger partial charge in [0.1, 0.15) is 0 Å². The molecule has 3 heteroatoms. The van der Waals surface area contributed by atoms with Gasteiger partial charge in [-0.1, -0.05) is 29.8 Å². The zero-order valence-corrected chi connectivity index (χ0v) is 9.86. The van der Waals surface area contributed by atoms with E-state index in [9.17, 15) is 4.79 Å². The van der Waals surface area contributed by atoms with Gasteiger partial charge in [-0.3, -0.25) is 4.79 Å². The van der Waals surface area contributed by atoms with Crippen molar-refractivity contribution in [2.45, 2.75) is 19.9 Å². The normalized spacial score (nSPS) is 10.2. The first-order valence-electron chi connectivity index (χ1n) is 5.68. The summed E-state index contributed by atoms with van der Waals surface area (Å²) in [5.41, 5.74) is 3.29. The summed E-state index contributed by atoms with van der Waals surface area (Å²) in [5.74, 6) is 0.0352. The van der Waals surface area contributed by atoms with Crippen molar-refractivity contribution < 1.29 is 4.79 Å². The average Bonchev–Trinajstić information content (AvgIpc) is 2.81. The second kappa shape index (κ2) is 5.34. The van der Waals surface area contributed by atoms with Crippen LogP contribution in [-0.4, -0.2) is 10.9 Å². The highest BCUT2D eigenvalue weighted by molar-refractivity contribution is 5.78. The fraction of sp³-hybridized carbons (Fsp3) is 0.214. The lowest BCUT2D eigenvalue weighted by molar-refractivity contribution is -0.120.